The number of halogens is 1. The van der Waals surface area contributed by atoms with Gasteiger partial charge in [-0.3, -0.25) is 4.98 Å². The maximum atomic E-state index is 5.52. The zero-order chi connectivity index (χ0) is 5.98. The molecule has 1 heterocycles. The molecule has 0 spiro atoms. The van der Waals surface area contributed by atoms with E-state index in [-0.39, 0.29) is 0 Å². The van der Waals surface area contributed by atoms with Crippen molar-refractivity contribution in [3.05, 3.63) is 23.5 Å². The van der Waals surface area contributed by atoms with E-state index in [0.717, 1.165) is 0 Å². The SMILES string of the molecule is [B]c1ccncc1Cl. The lowest BCUT2D eigenvalue weighted by atomic mass is 9.98. The number of rotatable bonds is 0. The zero-order valence-corrected chi connectivity index (χ0v) is 4.89. The largest absolute Gasteiger partial charge is 0.263 e. The third-order valence-electron chi connectivity index (χ3n) is 0.804. The Kier molecular flexibility index (Phi) is 1.54. The summed E-state index contributed by atoms with van der Waals surface area (Å²) >= 11 is 5.52. The van der Waals surface area contributed by atoms with E-state index in [1.54, 1.807) is 12.3 Å². The molecular weight excluding hydrogens is 120 g/mol. The van der Waals surface area contributed by atoms with E-state index in [9.17, 15) is 0 Å². The lowest BCUT2D eigenvalue weighted by molar-refractivity contribution is 1.34. The van der Waals surface area contributed by atoms with E-state index in [2.05, 4.69) is 4.98 Å². The number of aromatic nitrogens is 1. The highest BCUT2D eigenvalue weighted by Crippen LogP contribution is 1.97. The van der Waals surface area contributed by atoms with Crippen LogP contribution in [0.3, 0.4) is 0 Å². The Labute approximate surface area is 54.1 Å². The van der Waals surface area contributed by atoms with Crippen molar-refractivity contribution in [1.29, 1.82) is 0 Å². The van der Waals surface area contributed by atoms with Crippen LogP contribution >= 0.6 is 11.6 Å². The van der Waals surface area contributed by atoms with Crippen LogP contribution in [0.2, 0.25) is 5.02 Å². The van der Waals surface area contributed by atoms with Crippen molar-refractivity contribution < 1.29 is 0 Å². The predicted octanol–water partition coefficient (Wildman–Crippen LogP) is 0.529. The summed E-state index contributed by atoms with van der Waals surface area (Å²) in [4.78, 5) is 3.73. The maximum absolute atomic E-state index is 5.52. The Hall–Kier alpha value is -0.495. The minimum Gasteiger partial charge on any atom is -0.263 e. The lowest BCUT2D eigenvalue weighted by Crippen LogP contribution is -2.02. The molecule has 0 aliphatic carbocycles. The maximum Gasteiger partial charge on any atom is 0.116 e. The zero-order valence-electron chi connectivity index (χ0n) is 4.13. The highest BCUT2D eigenvalue weighted by atomic mass is 35.5. The van der Waals surface area contributed by atoms with Crippen molar-refractivity contribution >= 4 is 24.9 Å². The molecule has 3 heteroatoms. The van der Waals surface area contributed by atoms with Gasteiger partial charge in [-0.1, -0.05) is 17.1 Å². The molecule has 0 saturated heterocycles. The first kappa shape index (κ1) is 5.64. The topological polar surface area (TPSA) is 12.9 Å². The van der Waals surface area contributed by atoms with Crippen LogP contribution < -0.4 is 5.46 Å². The normalized spacial score (nSPS) is 9.12. The van der Waals surface area contributed by atoms with Gasteiger partial charge in [-0.15, -0.1) is 0 Å². The number of hydrogen-bond acceptors (Lipinski definition) is 1. The van der Waals surface area contributed by atoms with Crippen LogP contribution in [0.4, 0.5) is 0 Å². The van der Waals surface area contributed by atoms with Crippen molar-refractivity contribution in [1.82, 2.24) is 4.98 Å². The Bertz CT molecular complexity index is 169. The van der Waals surface area contributed by atoms with Gasteiger partial charge in [0.1, 0.15) is 7.85 Å². The van der Waals surface area contributed by atoms with Gasteiger partial charge in [0.05, 0.1) is 5.02 Å². The van der Waals surface area contributed by atoms with E-state index in [1.165, 1.54) is 6.20 Å². The molecule has 1 nitrogen and oxygen atoms in total. The van der Waals surface area contributed by atoms with E-state index in [1.807, 2.05) is 0 Å². The predicted molar refractivity (Wildman–Crippen MR) is 34.6 cm³/mol. The Balaban J connectivity index is 3.13. The summed E-state index contributed by atoms with van der Waals surface area (Å²) in [7, 11) is 5.35. The van der Waals surface area contributed by atoms with Crippen LogP contribution in [-0.4, -0.2) is 12.8 Å². The van der Waals surface area contributed by atoms with E-state index >= 15 is 0 Å². The molecular formula is C5H3BClN. The quantitative estimate of drug-likeness (QED) is 0.459. The Morgan fingerprint density at radius 1 is 1.62 bits per heavy atom. The molecule has 1 rings (SSSR count). The van der Waals surface area contributed by atoms with Crippen LogP contribution in [0.15, 0.2) is 18.5 Å². The average Bonchev–Trinajstić information content (AvgIpc) is 1.77. The fourth-order valence-corrected chi connectivity index (χ4v) is 0.505. The van der Waals surface area contributed by atoms with E-state index in [4.69, 9.17) is 19.4 Å². The average molecular weight is 123 g/mol. The summed E-state index contributed by atoms with van der Waals surface area (Å²) in [5.74, 6) is 0. The molecule has 0 unspecified atom stereocenters. The molecule has 0 aliphatic heterocycles. The molecule has 1 aromatic heterocycles. The standard InChI is InChI=1S/C5H3BClN/c6-4-1-2-8-3-5(4)7/h1-3H. The van der Waals surface area contributed by atoms with Crippen LogP contribution in [0.1, 0.15) is 0 Å². The Morgan fingerprint density at radius 2 is 2.38 bits per heavy atom. The van der Waals surface area contributed by atoms with Gasteiger partial charge in [-0.05, 0) is 6.07 Å². The van der Waals surface area contributed by atoms with Gasteiger partial charge in [-0.2, -0.15) is 0 Å². The second kappa shape index (κ2) is 2.18. The smallest absolute Gasteiger partial charge is 0.116 e. The molecule has 0 fully saturated rings. The molecule has 0 saturated carbocycles. The van der Waals surface area contributed by atoms with Gasteiger partial charge in [0, 0.05) is 12.4 Å². The third kappa shape index (κ3) is 1.01. The van der Waals surface area contributed by atoms with Gasteiger partial charge < -0.3 is 0 Å². The first-order valence-corrected chi connectivity index (χ1v) is 2.53. The van der Waals surface area contributed by atoms with Crippen molar-refractivity contribution in [3.63, 3.8) is 0 Å². The number of nitrogens with zero attached hydrogens (tertiary/aromatic N) is 1. The number of pyridine rings is 1. The van der Waals surface area contributed by atoms with Crippen LogP contribution in [0.5, 0.6) is 0 Å². The van der Waals surface area contributed by atoms with Crippen molar-refractivity contribution in [2.24, 2.45) is 0 Å². The molecule has 8 heavy (non-hydrogen) atoms. The van der Waals surface area contributed by atoms with Crippen LogP contribution in [0, 0.1) is 0 Å². The number of hydrogen-bond donors (Lipinski definition) is 0. The fourth-order valence-electron chi connectivity index (χ4n) is 0.386. The van der Waals surface area contributed by atoms with Gasteiger partial charge >= 0.3 is 0 Å². The first-order chi connectivity index (χ1) is 3.80. The summed E-state index contributed by atoms with van der Waals surface area (Å²) in [6.45, 7) is 0. The van der Waals surface area contributed by atoms with Gasteiger partial charge in [0.15, 0.2) is 0 Å². The van der Waals surface area contributed by atoms with Crippen molar-refractivity contribution in [2.75, 3.05) is 0 Å². The monoisotopic (exact) mass is 123 g/mol. The molecule has 38 valence electrons. The van der Waals surface area contributed by atoms with Crippen molar-refractivity contribution in [2.45, 2.75) is 0 Å². The van der Waals surface area contributed by atoms with Crippen LogP contribution in [-0.2, 0) is 0 Å². The van der Waals surface area contributed by atoms with Gasteiger partial charge in [0.2, 0.25) is 0 Å². The highest BCUT2D eigenvalue weighted by molar-refractivity contribution is 6.44. The first-order valence-electron chi connectivity index (χ1n) is 2.15. The minimum atomic E-state index is 0.507. The third-order valence-corrected chi connectivity index (χ3v) is 1.12. The highest BCUT2D eigenvalue weighted by Gasteiger charge is 1.87. The van der Waals surface area contributed by atoms with E-state index in [0.29, 0.717) is 10.5 Å². The second-order valence-electron chi connectivity index (χ2n) is 1.40. The molecule has 0 amide bonds. The second-order valence-corrected chi connectivity index (χ2v) is 1.80. The van der Waals surface area contributed by atoms with E-state index < -0.39 is 0 Å². The summed E-state index contributed by atoms with van der Waals surface area (Å²) in [5.41, 5.74) is 0.571. The minimum absolute atomic E-state index is 0.507. The summed E-state index contributed by atoms with van der Waals surface area (Å²) in [5, 5.41) is 0.507. The molecule has 1 aromatic rings. The Morgan fingerprint density at radius 3 is 2.75 bits per heavy atom. The molecule has 0 aliphatic rings. The molecule has 0 aromatic carbocycles. The molecule has 0 N–H and O–H groups in total. The fraction of sp³-hybridized carbons (Fsp3) is 0. The molecule has 0 bridgehead atoms. The van der Waals surface area contributed by atoms with Crippen molar-refractivity contribution in [3.8, 4) is 0 Å². The summed E-state index contributed by atoms with van der Waals surface area (Å²) in [6, 6.07) is 1.66. The van der Waals surface area contributed by atoms with Gasteiger partial charge in [0.25, 0.3) is 0 Å². The summed E-state index contributed by atoms with van der Waals surface area (Å²) < 4.78 is 0. The molecule has 2 radical (unpaired) electrons. The van der Waals surface area contributed by atoms with Crippen LogP contribution in [0.25, 0.3) is 0 Å². The lowest BCUT2D eigenvalue weighted by Gasteiger charge is -1.90. The molecule has 0 atom stereocenters. The van der Waals surface area contributed by atoms with Gasteiger partial charge in [-0.25, -0.2) is 0 Å². The summed E-state index contributed by atoms with van der Waals surface area (Å²) in [6.07, 6.45) is 3.11.